The van der Waals surface area contributed by atoms with Crippen molar-refractivity contribution in [2.45, 2.75) is 49.7 Å². The Morgan fingerprint density at radius 3 is 2.67 bits per heavy atom. The fourth-order valence-corrected chi connectivity index (χ4v) is 4.49. The van der Waals surface area contributed by atoms with E-state index in [0.717, 1.165) is 42.1 Å². The number of thioether (sulfide) groups is 1. The van der Waals surface area contributed by atoms with Gasteiger partial charge in [0.05, 0.1) is 24.6 Å². The molecular formula is C22H27N5O2S. The van der Waals surface area contributed by atoms with E-state index < -0.39 is 0 Å². The van der Waals surface area contributed by atoms with E-state index in [0.29, 0.717) is 6.54 Å². The van der Waals surface area contributed by atoms with Gasteiger partial charge in [0.15, 0.2) is 11.0 Å². The molecule has 3 aromatic rings. The summed E-state index contributed by atoms with van der Waals surface area (Å²) in [6.45, 7) is 5.21. The highest BCUT2D eigenvalue weighted by Crippen LogP contribution is 2.27. The van der Waals surface area contributed by atoms with Gasteiger partial charge in [-0.1, -0.05) is 36.4 Å². The van der Waals surface area contributed by atoms with Crippen molar-refractivity contribution in [3.05, 3.63) is 60.3 Å². The van der Waals surface area contributed by atoms with Crippen LogP contribution < -0.4 is 5.32 Å². The zero-order valence-electron chi connectivity index (χ0n) is 17.2. The first kappa shape index (κ1) is 20.7. The molecule has 158 valence electrons. The summed E-state index contributed by atoms with van der Waals surface area (Å²) in [6.07, 6.45) is 5.36. The molecule has 1 amide bonds. The molecule has 0 radical (unpaired) electrons. The van der Waals surface area contributed by atoms with Crippen molar-refractivity contribution in [1.29, 1.82) is 0 Å². The summed E-state index contributed by atoms with van der Waals surface area (Å²) in [5.74, 6) is 1.59. The molecule has 1 unspecified atom stereocenters. The second kappa shape index (κ2) is 9.95. The average molecular weight is 426 g/mol. The molecule has 30 heavy (non-hydrogen) atoms. The summed E-state index contributed by atoms with van der Waals surface area (Å²) in [5, 5.41) is 12.3. The molecule has 0 bridgehead atoms. The van der Waals surface area contributed by atoms with Crippen LogP contribution in [0.1, 0.15) is 37.8 Å². The number of likely N-dealkylation sites (tertiary alicyclic amines) is 1. The van der Waals surface area contributed by atoms with E-state index in [-0.39, 0.29) is 11.2 Å². The van der Waals surface area contributed by atoms with Gasteiger partial charge in [0, 0.05) is 5.69 Å². The molecule has 8 heteroatoms. The second-order valence-electron chi connectivity index (χ2n) is 7.46. The third kappa shape index (κ3) is 5.12. The molecule has 3 heterocycles. The first-order chi connectivity index (χ1) is 14.7. The molecule has 1 fully saturated rings. The van der Waals surface area contributed by atoms with Gasteiger partial charge in [-0.15, -0.1) is 10.2 Å². The predicted molar refractivity (Wildman–Crippen MR) is 116 cm³/mol. The van der Waals surface area contributed by atoms with Crippen LogP contribution in [0.4, 0.5) is 0 Å². The molecule has 1 atom stereocenters. The molecule has 2 aromatic heterocycles. The Kier molecular flexibility index (Phi) is 6.86. The first-order valence-electron chi connectivity index (χ1n) is 10.4. The van der Waals surface area contributed by atoms with Crippen molar-refractivity contribution in [3.8, 4) is 5.69 Å². The van der Waals surface area contributed by atoms with Gasteiger partial charge in [0.2, 0.25) is 5.91 Å². The second-order valence-corrected chi connectivity index (χ2v) is 8.77. The highest BCUT2D eigenvalue weighted by Gasteiger charge is 2.22. The maximum Gasteiger partial charge on any atom is 0.233 e. The minimum atomic E-state index is -0.311. The van der Waals surface area contributed by atoms with E-state index in [1.165, 1.54) is 31.0 Å². The third-order valence-corrected chi connectivity index (χ3v) is 6.24. The van der Waals surface area contributed by atoms with E-state index in [1.807, 2.05) is 37.3 Å². The minimum absolute atomic E-state index is 0.0587. The SMILES string of the molecule is CC(Sc1nnc(CN2CCCCC2)n1-c1ccccc1)C(=O)NCc1ccco1. The lowest BCUT2D eigenvalue weighted by molar-refractivity contribution is -0.120. The number of hydrogen-bond acceptors (Lipinski definition) is 6. The van der Waals surface area contributed by atoms with Gasteiger partial charge in [0.25, 0.3) is 0 Å². The van der Waals surface area contributed by atoms with Crippen LogP contribution in [0.5, 0.6) is 0 Å². The monoisotopic (exact) mass is 425 g/mol. The number of nitrogens with zero attached hydrogens (tertiary/aromatic N) is 4. The van der Waals surface area contributed by atoms with Crippen LogP contribution in [0.3, 0.4) is 0 Å². The van der Waals surface area contributed by atoms with E-state index >= 15 is 0 Å². The number of aromatic nitrogens is 3. The Bertz CT molecular complexity index is 936. The van der Waals surface area contributed by atoms with Gasteiger partial charge < -0.3 is 9.73 Å². The zero-order valence-corrected chi connectivity index (χ0v) is 18.0. The predicted octanol–water partition coefficient (Wildman–Crippen LogP) is 3.64. The molecule has 1 saturated heterocycles. The lowest BCUT2D eigenvalue weighted by Crippen LogP contribution is -2.31. The Morgan fingerprint density at radius 2 is 1.93 bits per heavy atom. The topological polar surface area (TPSA) is 76.2 Å². The fourth-order valence-electron chi connectivity index (χ4n) is 3.58. The normalized spacial score (nSPS) is 15.8. The number of piperidine rings is 1. The van der Waals surface area contributed by atoms with Crippen molar-refractivity contribution < 1.29 is 9.21 Å². The molecule has 0 aliphatic carbocycles. The highest BCUT2D eigenvalue weighted by molar-refractivity contribution is 8.00. The van der Waals surface area contributed by atoms with Crippen molar-refractivity contribution in [3.63, 3.8) is 0 Å². The Labute approximate surface area is 180 Å². The number of furan rings is 1. The summed E-state index contributed by atoms with van der Waals surface area (Å²) in [7, 11) is 0. The van der Waals surface area contributed by atoms with Crippen LogP contribution in [0.25, 0.3) is 5.69 Å². The highest BCUT2D eigenvalue weighted by atomic mass is 32.2. The average Bonchev–Trinajstić information content (AvgIpc) is 3.43. The maximum atomic E-state index is 12.6. The lowest BCUT2D eigenvalue weighted by Gasteiger charge is -2.26. The van der Waals surface area contributed by atoms with Crippen molar-refractivity contribution in [2.24, 2.45) is 0 Å². The smallest absolute Gasteiger partial charge is 0.233 e. The van der Waals surface area contributed by atoms with Gasteiger partial charge in [-0.05, 0) is 57.1 Å². The molecule has 0 spiro atoms. The molecule has 0 saturated carbocycles. The summed E-state index contributed by atoms with van der Waals surface area (Å²) < 4.78 is 7.36. The number of hydrogen-bond donors (Lipinski definition) is 1. The summed E-state index contributed by atoms with van der Waals surface area (Å²) >= 11 is 1.42. The standard InChI is InChI=1S/C22H27N5O2S/c1-17(21(28)23-15-19-11-8-14-29-19)30-22-25-24-20(16-26-12-6-3-7-13-26)27(22)18-9-4-2-5-10-18/h2,4-5,8-11,14,17H,3,6-7,12-13,15-16H2,1H3,(H,23,28). The van der Waals surface area contributed by atoms with Crippen LogP contribution >= 0.6 is 11.8 Å². The Hall–Kier alpha value is -2.58. The van der Waals surface area contributed by atoms with Gasteiger partial charge in [0.1, 0.15) is 5.76 Å². The van der Waals surface area contributed by atoms with Crippen molar-refractivity contribution >= 4 is 17.7 Å². The quantitative estimate of drug-likeness (QED) is 0.555. The molecule has 1 aliphatic heterocycles. The van der Waals surface area contributed by atoms with Crippen molar-refractivity contribution in [2.75, 3.05) is 13.1 Å². The number of nitrogens with one attached hydrogen (secondary N) is 1. The maximum absolute atomic E-state index is 12.6. The van der Waals surface area contributed by atoms with Gasteiger partial charge in [-0.2, -0.15) is 0 Å². The van der Waals surface area contributed by atoms with Crippen LogP contribution in [0, 0.1) is 0 Å². The van der Waals surface area contributed by atoms with Crippen LogP contribution in [0.2, 0.25) is 0 Å². The number of amides is 1. The largest absolute Gasteiger partial charge is 0.467 e. The van der Waals surface area contributed by atoms with Crippen LogP contribution in [-0.2, 0) is 17.9 Å². The number of para-hydroxylation sites is 1. The molecule has 1 N–H and O–H groups in total. The Balaban J connectivity index is 1.49. The molecule has 7 nitrogen and oxygen atoms in total. The lowest BCUT2D eigenvalue weighted by atomic mass is 10.1. The van der Waals surface area contributed by atoms with Crippen LogP contribution in [-0.4, -0.2) is 43.9 Å². The summed E-state index contributed by atoms with van der Waals surface area (Å²) in [5.41, 5.74) is 1.01. The van der Waals surface area contributed by atoms with Gasteiger partial charge >= 0.3 is 0 Å². The van der Waals surface area contributed by atoms with E-state index in [9.17, 15) is 4.79 Å². The number of rotatable bonds is 8. The van der Waals surface area contributed by atoms with Crippen molar-refractivity contribution in [1.82, 2.24) is 25.0 Å². The number of carbonyl (C=O) groups is 1. The summed E-state index contributed by atoms with van der Waals surface area (Å²) in [6, 6.07) is 13.8. The van der Waals surface area contributed by atoms with E-state index in [4.69, 9.17) is 4.42 Å². The summed E-state index contributed by atoms with van der Waals surface area (Å²) in [4.78, 5) is 15.0. The van der Waals surface area contributed by atoms with E-state index in [1.54, 1.807) is 6.26 Å². The third-order valence-electron chi connectivity index (χ3n) is 5.20. The number of benzene rings is 1. The van der Waals surface area contributed by atoms with E-state index in [2.05, 4.69) is 37.1 Å². The van der Waals surface area contributed by atoms with Gasteiger partial charge in [-0.25, -0.2) is 0 Å². The Morgan fingerprint density at radius 1 is 1.13 bits per heavy atom. The molecular weight excluding hydrogens is 398 g/mol. The minimum Gasteiger partial charge on any atom is -0.467 e. The zero-order chi connectivity index (χ0) is 20.8. The molecule has 1 aromatic carbocycles. The fraction of sp³-hybridized carbons (Fsp3) is 0.409. The first-order valence-corrected chi connectivity index (χ1v) is 11.3. The molecule has 1 aliphatic rings. The van der Waals surface area contributed by atoms with Gasteiger partial charge in [-0.3, -0.25) is 14.3 Å². The number of carbonyl (C=O) groups excluding carboxylic acids is 1. The van der Waals surface area contributed by atoms with Crippen LogP contribution in [0.15, 0.2) is 58.3 Å². The molecule has 4 rings (SSSR count).